The van der Waals surface area contributed by atoms with Gasteiger partial charge in [-0.15, -0.1) is 0 Å². The second-order valence-corrected chi connectivity index (χ2v) is 5.32. The lowest BCUT2D eigenvalue weighted by Gasteiger charge is -2.05. The Hall–Kier alpha value is -2.21. The summed E-state index contributed by atoms with van der Waals surface area (Å²) >= 11 is 0.912. The number of fused-ring (bicyclic) bond motifs is 1. The average Bonchev–Trinajstić information content (AvgIpc) is 2.66. The van der Waals surface area contributed by atoms with Crippen LogP contribution in [0.1, 0.15) is 5.56 Å². The minimum absolute atomic E-state index is 0.250. The molecular weight excluding hydrogens is 262 g/mol. The summed E-state index contributed by atoms with van der Waals surface area (Å²) in [6, 6.07) is 7.79. The van der Waals surface area contributed by atoms with Crippen LogP contribution in [0, 0.1) is 0 Å². The molecule has 96 valence electrons. The van der Waals surface area contributed by atoms with Crippen molar-refractivity contribution in [1.82, 2.24) is 13.5 Å². The first kappa shape index (κ1) is 11.9. The van der Waals surface area contributed by atoms with E-state index in [1.54, 1.807) is 19.4 Å². The molecule has 0 atom stereocenters. The van der Waals surface area contributed by atoms with E-state index >= 15 is 0 Å². The highest BCUT2D eigenvalue weighted by atomic mass is 32.1. The zero-order chi connectivity index (χ0) is 13.4. The van der Waals surface area contributed by atoms with Crippen LogP contribution in [0.4, 0.5) is 0 Å². The highest BCUT2D eigenvalue weighted by Crippen LogP contribution is 2.17. The van der Waals surface area contributed by atoms with Crippen molar-refractivity contribution in [3.05, 3.63) is 62.4 Å². The van der Waals surface area contributed by atoms with Crippen LogP contribution in [0.2, 0.25) is 0 Å². The number of benzene rings is 1. The molecule has 0 N–H and O–H groups in total. The highest BCUT2D eigenvalue weighted by Gasteiger charge is 2.09. The van der Waals surface area contributed by atoms with Crippen molar-refractivity contribution >= 4 is 22.3 Å². The van der Waals surface area contributed by atoms with Gasteiger partial charge in [-0.3, -0.25) is 9.78 Å². The van der Waals surface area contributed by atoms with E-state index in [1.165, 1.54) is 8.52 Å². The fraction of sp³-hybridized carbons (Fsp3) is 0.154. The number of pyridine rings is 1. The molecule has 0 aliphatic heterocycles. The molecule has 3 rings (SSSR count). The van der Waals surface area contributed by atoms with Crippen LogP contribution in [0.5, 0.6) is 0 Å². The van der Waals surface area contributed by atoms with Gasteiger partial charge in [-0.05, 0) is 10.9 Å². The lowest BCUT2D eigenvalue weighted by atomic mass is 10.1. The van der Waals surface area contributed by atoms with E-state index in [2.05, 4.69) is 4.98 Å². The Morgan fingerprint density at radius 2 is 2.00 bits per heavy atom. The van der Waals surface area contributed by atoms with Gasteiger partial charge in [0.25, 0.3) is 0 Å². The molecule has 3 aromatic rings. The van der Waals surface area contributed by atoms with Crippen molar-refractivity contribution in [2.45, 2.75) is 6.54 Å². The average molecular weight is 273 g/mol. The normalized spacial score (nSPS) is 11.0. The Labute approximate surface area is 112 Å². The molecule has 6 heteroatoms. The monoisotopic (exact) mass is 273 g/mol. The number of nitrogens with zero attached hydrogens (tertiary/aromatic N) is 3. The first-order chi connectivity index (χ1) is 9.16. The van der Waals surface area contributed by atoms with Crippen molar-refractivity contribution in [2.24, 2.45) is 7.05 Å². The summed E-state index contributed by atoms with van der Waals surface area (Å²) in [5.41, 5.74) is 0.582. The SMILES string of the molecule is Cn1sc(=O)n(Cc2cncc3ccccc23)c1=O. The number of hydrogen-bond donors (Lipinski definition) is 0. The van der Waals surface area contributed by atoms with Gasteiger partial charge in [0.15, 0.2) is 0 Å². The Morgan fingerprint density at radius 1 is 1.21 bits per heavy atom. The zero-order valence-corrected chi connectivity index (χ0v) is 11.1. The largest absolute Gasteiger partial charge is 0.341 e. The molecule has 0 bridgehead atoms. The smallest absolute Gasteiger partial charge is 0.264 e. The summed E-state index contributed by atoms with van der Waals surface area (Å²) in [6.07, 6.45) is 3.47. The molecule has 0 saturated heterocycles. The summed E-state index contributed by atoms with van der Waals surface area (Å²) in [6.45, 7) is 0.253. The fourth-order valence-electron chi connectivity index (χ4n) is 2.06. The van der Waals surface area contributed by atoms with Crippen LogP contribution < -0.4 is 10.6 Å². The number of rotatable bonds is 2. The third-order valence-electron chi connectivity index (χ3n) is 3.01. The molecule has 0 fully saturated rings. The molecule has 0 amide bonds. The van der Waals surface area contributed by atoms with E-state index in [-0.39, 0.29) is 17.1 Å². The zero-order valence-electron chi connectivity index (χ0n) is 10.2. The van der Waals surface area contributed by atoms with E-state index in [0.29, 0.717) is 0 Å². The molecule has 2 aromatic heterocycles. The Balaban J connectivity index is 2.16. The summed E-state index contributed by atoms with van der Waals surface area (Å²) in [7, 11) is 1.59. The fourth-order valence-corrected chi connectivity index (χ4v) is 2.71. The minimum atomic E-state index is -0.289. The van der Waals surface area contributed by atoms with Crippen molar-refractivity contribution < 1.29 is 0 Å². The number of hydrogen-bond acceptors (Lipinski definition) is 4. The summed E-state index contributed by atoms with van der Waals surface area (Å²) in [4.78, 5) is 27.5. The summed E-state index contributed by atoms with van der Waals surface area (Å²) in [5, 5.41) is 2.01. The lowest BCUT2D eigenvalue weighted by Crippen LogP contribution is -2.28. The molecule has 1 aromatic carbocycles. The van der Waals surface area contributed by atoms with Crippen LogP contribution in [-0.4, -0.2) is 13.5 Å². The van der Waals surface area contributed by atoms with E-state index in [0.717, 1.165) is 27.9 Å². The third kappa shape index (κ3) is 2.00. The van der Waals surface area contributed by atoms with Crippen LogP contribution in [0.15, 0.2) is 46.2 Å². The molecule has 5 nitrogen and oxygen atoms in total. The number of aromatic nitrogens is 3. The first-order valence-electron chi connectivity index (χ1n) is 5.75. The van der Waals surface area contributed by atoms with Crippen molar-refractivity contribution in [3.63, 3.8) is 0 Å². The van der Waals surface area contributed by atoms with Crippen LogP contribution in [0.3, 0.4) is 0 Å². The molecule has 0 unspecified atom stereocenters. The van der Waals surface area contributed by atoms with E-state index < -0.39 is 0 Å². The molecule has 0 saturated carbocycles. The molecule has 2 heterocycles. The molecule has 0 aliphatic rings. The quantitative estimate of drug-likeness (QED) is 0.705. The Kier molecular flexibility index (Phi) is 2.79. The van der Waals surface area contributed by atoms with Crippen LogP contribution >= 0.6 is 11.5 Å². The molecule has 0 aliphatic carbocycles. The van der Waals surface area contributed by atoms with Gasteiger partial charge in [0, 0.05) is 36.4 Å². The van der Waals surface area contributed by atoms with Crippen molar-refractivity contribution in [1.29, 1.82) is 0 Å². The second-order valence-electron chi connectivity index (χ2n) is 4.24. The lowest BCUT2D eigenvalue weighted by molar-refractivity contribution is 0.707. The molecule has 0 radical (unpaired) electrons. The first-order valence-corrected chi connectivity index (χ1v) is 6.53. The maximum Gasteiger partial charge on any atom is 0.341 e. The van der Waals surface area contributed by atoms with Gasteiger partial charge in [-0.1, -0.05) is 24.3 Å². The maximum absolute atomic E-state index is 11.8. The van der Waals surface area contributed by atoms with Gasteiger partial charge in [-0.25, -0.2) is 13.3 Å². The predicted octanol–water partition coefficient (Wildman–Crippen LogP) is 1.20. The topological polar surface area (TPSA) is 56.9 Å². The standard InChI is InChI=1S/C13H11N3O2S/c1-15-12(17)16(13(18)19-15)8-10-7-14-6-9-4-2-3-5-11(9)10/h2-7H,8H2,1H3. The number of aryl methyl sites for hydroxylation is 1. The third-order valence-corrected chi connectivity index (χ3v) is 3.82. The predicted molar refractivity (Wildman–Crippen MR) is 74.7 cm³/mol. The Morgan fingerprint density at radius 3 is 2.74 bits per heavy atom. The van der Waals surface area contributed by atoms with Gasteiger partial charge >= 0.3 is 10.6 Å². The second kappa shape index (κ2) is 4.47. The molecule has 0 spiro atoms. The van der Waals surface area contributed by atoms with Crippen LogP contribution in [-0.2, 0) is 13.6 Å². The summed E-state index contributed by atoms with van der Waals surface area (Å²) < 4.78 is 2.56. The minimum Gasteiger partial charge on any atom is -0.264 e. The van der Waals surface area contributed by atoms with Gasteiger partial charge in [0.05, 0.1) is 6.54 Å². The maximum atomic E-state index is 11.8. The van der Waals surface area contributed by atoms with Gasteiger partial charge in [0.1, 0.15) is 0 Å². The Bertz CT molecular complexity index is 855. The van der Waals surface area contributed by atoms with E-state index in [1.807, 2.05) is 24.3 Å². The van der Waals surface area contributed by atoms with Gasteiger partial charge in [-0.2, -0.15) is 0 Å². The molecule has 19 heavy (non-hydrogen) atoms. The highest BCUT2D eigenvalue weighted by molar-refractivity contribution is 7.03. The summed E-state index contributed by atoms with van der Waals surface area (Å²) in [5.74, 6) is 0. The van der Waals surface area contributed by atoms with E-state index in [9.17, 15) is 9.59 Å². The van der Waals surface area contributed by atoms with Crippen molar-refractivity contribution in [3.8, 4) is 0 Å². The molecular formula is C13H11N3O2S. The van der Waals surface area contributed by atoms with Crippen molar-refractivity contribution in [2.75, 3.05) is 0 Å². The van der Waals surface area contributed by atoms with E-state index in [4.69, 9.17) is 0 Å². The van der Waals surface area contributed by atoms with Crippen LogP contribution in [0.25, 0.3) is 10.8 Å². The van der Waals surface area contributed by atoms with Gasteiger partial charge < -0.3 is 0 Å². The van der Waals surface area contributed by atoms with Gasteiger partial charge in [0.2, 0.25) is 0 Å².